The molecule has 10 nitrogen and oxygen atoms in total. The number of nitrogens with two attached hydrogens (primary N) is 2. The zero-order chi connectivity index (χ0) is 16.4. The number of hydrogen-bond donors (Lipinski definition) is 4. The van der Waals surface area contributed by atoms with Gasteiger partial charge < -0.3 is 16.8 Å². The van der Waals surface area contributed by atoms with Crippen LogP contribution in [0.25, 0.3) is 11.4 Å². The number of H-pyrrole nitrogens is 1. The highest BCUT2D eigenvalue weighted by molar-refractivity contribution is 6.34. The second-order valence-electron chi connectivity index (χ2n) is 4.41. The molecule has 1 amide bonds. The number of rotatable bonds is 4. The first-order valence-corrected chi connectivity index (χ1v) is 6.65. The van der Waals surface area contributed by atoms with Crippen molar-refractivity contribution in [1.29, 1.82) is 0 Å². The molecule has 0 aliphatic rings. The van der Waals surface area contributed by atoms with E-state index in [4.69, 9.17) is 23.1 Å². The fourth-order valence-electron chi connectivity index (χ4n) is 1.83. The molecule has 1 aromatic carbocycles. The van der Waals surface area contributed by atoms with Crippen molar-refractivity contribution >= 4 is 35.0 Å². The molecule has 116 valence electrons. The molecule has 6 N–H and O–H groups in total. The van der Waals surface area contributed by atoms with Gasteiger partial charge in [-0.15, -0.1) is 10.2 Å². The van der Waals surface area contributed by atoms with Gasteiger partial charge in [0.25, 0.3) is 0 Å². The number of hydrogen-bond acceptors (Lipinski definition) is 8. The highest BCUT2D eigenvalue weighted by Gasteiger charge is 2.12. The van der Waals surface area contributed by atoms with E-state index >= 15 is 0 Å². The monoisotopic (exact) mass is 331 g/mol. The maximum absolute atomic E-state index is 11.1. The van der Waals surface area contributed by atoms with Crippen LogP contribution in [0, 0.1) is 0 Å². The summed E-state index contributed by atoms with van der Waals surface area (Å²) in [5.74, 6) is 0.121. The van der Waals surface area contributed by atoms with Crippen molar-refractivity contribution in [2.75, 3.05) is 11.1 Å². The van der Waals surface area contributed by atoms with Crippen molar-refractivity contribution in [2.45, 2.75) is 0 Å². The standard InChI is InChI=1S/C12H10ClN9O/c13-8-3-5(1-2-6(8)10(15)23)17-12-16-4-7(9(14)18-12)11-19-21-22-20-11/h1-4H,(H2,15,23)(H3,14,16,17,18)(H,19,20,21,22). The molecular formula is C12H10ClN9O. The third-order valence-corrected chi connectivity index (χ3v) is 3.21. The second kappa shape index (κ2) is 5.85. The van der Waals surface area contributed by atoms with Gasteiger partial charge in [-0.25, -0.2) is 4.98 Å². The van der Waals surface area contributed by atoms with Gasteiger partial charge in [0.05, 0.1) is 16.1 Å². The van der Waals surface area contributed by atoms with Crippen molar-refractivity contribution in [3.05, 3.63) is 35.0 Å². The van der Waals surface area contributed by atoms with Crippen molar-refractivity contribution < 1.29 is 4.79 Å². The molecule has 0 bridgehead atoms. The Morgan fingerprint density at radius 2 is 2.17 bits per heavy atom. The summed E-state index contributed by atoms with van der Waals surface area (Å²) < 4.78 is 0. The predicted octanol–water partition coefficient (Wildman–Crippen LogP) is 0.735. The number of halogens is 1. The number of amides is 1. The van der Waals surface area contributed by atoms with E-state index in [2.05, 4.69) is 35.9 Å². The number of nitrogens with zero attached hydrogens (tertiary/aromatic N) is 5. The van der Waals surface area contributed by atoms with E-state index in [0.29, 0.717) is 17.1 Å². The summed E-state index contributed by atoms with van der Waals surface area (Å²) in [6, 6.07) is 4.66. The number of nitrogens with one attached hydrogen (secondary N) is 2. The van der Waals surface area contributed by atoms with Gasteiger partial charge in [-0.3, -0.25) is 4.79 Å². The Hall–Kier alpha value is -3.27. The van der Waals surface area contributed by atoms with Crippen LogP contribution in [0.5, 0.6) is 0 Å². The third-order valence-electron chi connectivity index (χ3n) is 2.90. The molecular weight excluding hydrogens is 322 g/mol. The molecule has 0 aliphatic heterocycles. The summed E-state index contributed by atoms with van der Waals surface area (Å²) in [6.45, 7) is 0. The van der Waals surface area contributed by atoms with E-state index in [-0.39, 0.29) is 22.4 Å². The largest absolute Gasteiger partial charge is 0.383 e. The zero-order valence-corrected chi connectivity index (χ0v) is 12.2. The molecule has 0 atom stereocenters. The first-order chi connectivity index (χ1) is 11.0. The Morgan fingerprint density at radius 1 is 1.35 bits per heavy atom. The van der Waals surface area contributed by atoms with Gasteiger partial charge >= 0.3 is 0 Å². The SMILES string of the molecule is NC(=O)c1ccc(Nc2ncc(-c3nn[nH]n3)c(N)n2)cc1Cl. The van der Waals surface area contributed by atoms with Crippen LogP contribution in [-0.4, -0.2) is 36.5 Å². The van der Waals surface area contributed by atoms with Crippen LogP contribution >= 0.6 is 11.6 Å². The van der Waals surface area contributed by atoms with E-state index in [9.17, 15) is 4.79 Å². The molecule has 0 radical (unpaired) electrons. The Kier molecular flexibility index (Phi) is 3.73. The summed E-state index contributed by atoms with van der Waals surface area (Å²) in [6.07, 6.45) is 1.47. The Balaban J connectivity index is 1.85. The Labute approximate surface area is 134 Å². The molecule has 0 unspecified atom stereocenters. The molecule has 23 heavy (non-hydrogen) atoms. The van der Waals surface area contributed by atoms with Gasteiger partial charge in [-0.05, 0) is 23.4 Å². The smallest absolute Gasteiger partial charge is 0.250 e. The topological polar surface area (TPSA) is 161 Å². The predicted molar refractivity (Wildman–Crippen MR) is 82.9 cm³/mol. The van der Waals surface area contributed by atoms with Gasteiger partial charge in [-0.1, -0.05) is 11.6 Å². The van der Waals surface area contributed by atoms with Crippen molar-refractivity contribution in [1.82, 2.24) is 30.6 Å². The van der Waals surface area contributed by atoms with Gasteiger partial charge in [0.15, 0.2) is 0 Å². The first-order valence-electron chi connectivity index (χ1n) is 6.27. The molecule has 11 heteroatoms. The molecule has 2 aromatic heterocycles. The second-order valence-corrected chi connectivity index (χ2v) is 4.82. The van der Waals surface area contributed by atoms with Crippen molar-refractivity contribution in [2.24, 2.45) is 5.73 Å². The van der Waals surface area contributed by atoms with Crippen LogP contribution in [0.1, 0.15) is 10.4 Å². The van der Waals surface area contributed by atoms with E-state index in [1.165, 1.54) is 18.3 Å². The number of tetrazole rings is 1. The Bertz CT molecular complexity index is 865. The lowest BCUT2D eigenvalue weighted by atomic mass is 10.2. The molecule has 0 fully saturated rings. The van der Waals surface area contributed by atoms with Gasteiger partial charge in [0, 0.05) is 11.9 Å². The van der Waals surface area contributed by atoms with E-state index in [1.807, 2.05) is 0 Å². The maximum Gasteiger partial charge on any atom is 0.250 e. The third kappa shape index (κ3) is 3.01. The fraction of sp³-hybridized carbons (Fsp3) is 0. The lowest BCUT2D eigenvalue weighted by molar-refractivity contribution is 0.100. The van der Waals surface area contributed by atoms with Crippen LogP contribution in [0.4, 0.5) is 17.5 Å². The molecule has 0 saturated heterocycles. The van der Waals surface area contributed by atoms with Gasteiger partial charge in [0.2, 0.25) is 17.7 Å². The normalized spacial score (nSPS) is 10.5. The fourth-order valence-corrected chi connectivity index (χ4v) is 2.10. The van der Waals surface area contributed by atoms with E-state index < -0.39 is 5.91 Å². The summed E-state index contributed by atoms with van der Waals surface area (Å²) in [7, 11) is 0. The number of aromatic amines is 1. The zero-order valence-electron chi connectivity index (χ0n) is 11.5. The lowest BCUT2D eigenvalue weighted by Gasteiger charge is -2.08. The number of nitrogen functional groups attached to an aromatic ring is 1. The van der Waals surface area contributed by atoms with Crippen LogP contribution in [-0.2, 0) is 0 Å². The summed E-state index contributed by atoms with van der Waals surface area (Å²) in [4.78, 5) is 19.4. The number of aromatic nitrogens is 6. The minimum Gasteiger partial charge on any atom is -0.383 e. The highest BCUT2D eigenvalue weighted by Crippen LogP contribution is 2.24. The maximum atomic E-state index is 11.1. The number of carbonyl (C=O) groups is 1. The average Bonchev–Trinajstić information content (AvgIpc) is 3.01. The van der Waals surface area contributed by atoms with Crippen molar-refractivity contribution in [3.8, 4) is 11.4 Å². The van der Waals surface area contributed by atoms with Crippen LogP contribution in [0.15, 0.2) is 24.4 Å². The van der Waals surface area contributed by atoms with E-state index in [0.717, 1.165) is 0 Å². The summed E-state index contributed by atoms with van der Waals surface area (Å²) in [5.41, 5.74) is 12.3. The number of anilines is 3. The van der Waals surface area contributed by atoms with Crippen LogP contribution in [0.3, 0.4) is 0 Å². The first kappa shape index (κ1) is 14.7. The number of benzene rings is 1. The highest BCUT2D eigenvalue weighted by atomic mass is 35.5. The molecule has 3 aromatic rings. The number of carbonyl (C=O) groups excluding carboxylic acids is 1. The quantitative estimate of drug-likeness (QED) is 0.544. The van der Waals surface area contributed by atoms with Gasteiger partial charge in [0.1, 0.15) is 5.82 Å². The molecule has 2 heterocycles. The molecule has 0 saturated carbocycles. The summed E-state index contributed by atoms with van der Waals surface area (Å²) >= 11 is 5.98. The molecule has 0 spiro atoms. The van der Waals surface area contributed by atoms with Crippen molar-refractivity contribution in [3.63, 3.8) is 0 Å². The lowest BCUT2D eigenvalue weighted by Crippen LogP contribution is -2.11. The molecule has 3 rings (SSSR count). The van der Waals surface area contributed by atoms with Crippen LogP contribution < -0.4 is 16.8 Å². The minimum absolute atomic E-state index is 0.184. The minimum atomic E-state index is -0.605. The van der Waals surface area contributed by atoms with E-state index in [1.54, 1.807) is 6.07 Å². The molecule has 0 aliphatic carbocycles. The van der Waals surface area contributed by atoms with Gasteiger partial charge in [-0.2, -0.15) is 10.2 Å². The summed E-state index contributed by atoms with van der Waals surface area (Å²) in [5, 5.41) is 16.5. The van der Waals surface area contributed by atoms with Crippen LogP contribution in [0.2, 0.25) is 5.02 Å². The number of primary amides is 1. The average molecular weight is 332 g/mol. The Morgan fingerprint density at radius 3 is 2.78 bits per heavy atom.